The summed E-state index contributed by atoms with van der Waals surface area (Å²) >= 11 is 0. The monoisotopic (exact) mass is 257 g/mol. The number of hydrogen-bond donors (Lipinski definition) is 1. The summed E-state index contributed by atoms with van der Waals surface area (Å²) in [4.78, 5) is 11.1. The molecule has 1 aromatic heterocycles. The largest absolute Gasteiger partial charge is 0.435 e. The van der Waals surface area contributed by atoms with Crippen LogP contribution in [-0.4, -0.2) is 16.3 Å². The fraction of sp³-hybridized carbons (Fsp3) is 0.500. The second kappa shape index (κ2) is 5.86. The fourth-order valence-electron chi connectivity index (χ4n) is 1.00. The first kappa shape index (κ1) is 14.9. The van der Waals surface area contributed by atoms with Crippen molar-refractivity contribution < 1.29 is 13.2 Å². The molecule has 1 heterocycles. The topological polar surface area (TPSA) is 60.9 Å². The van der Waals surface area contributed by atoms with E-state index in [2.05, 4.69) is 5.10 Å². The molecular weight excluding hydrogens is 247 g/mol. The summed E-state index contributed by atoms with van der Waals surface area (Å²) in [5.41, 5.74) is 3.56. The fourth-order valence-corrected chi connectivity index (χ4v) is 1.00. The Hall–Kier alpha value is -1.08. The third kappa shape index (κ3) is 3.82. The van der Waals surface area contributed by atoms with Gasteiger partial charge in [-0.2, -0.15) is 18.3 Å². The van der Waals surface area contributed by atoms with E-state index in [-0.39, 0.29) is 19.0 Å². The zero-order chi connectivity index (χ0) is 11.5. The van der Waals surface area contributed by atoms with E-state index < -0.39 is 17.4 Å². The lowest BCUT2D eigenvalue weighted by molar-refractivity contribution is -0.142. The van der Waals surface area contributed by atoms with Crippen molar-refractivity contribution in [1.29, 1.82) is 0 Å². The molecule has 1 aromatic rings. The van der Waals surface area contributed by atoms with Gasteiger partial charge in [0.15, 0.2) is 5.69 Å². The second-order valence-corrected chi connectivity index (χ2v) is 2.92. The Morgan fingerprint density at radius 1 is 1.38 bits per heavy atom. The number of rotatable bonds is 3. The van der Waals surface area contributed by atoms with Crippen LogP contribution in [0, 0.1) is 0 Å². The molecule has 0 aliphatic heterocycles. The molecule has 0 saturated carbocycles. The maximum atomic E-state index is 12.2. The lowest BCUT2D eigenvalue weighted by atomic mass is 10.3. The van der Waals surface area contributed by atoms with Gasteiger partial charge in [-0.1, -0.05) is 0 Å². The van der Waals surface area contributed by atoms with E-state index in [1.165, 1.54) is 0 Å². The highest BCUT2D eigenvalue weighted by Gasteiger charge is 2.33. The molecule has 4 nitrogen and oxygen atoms in total. The quantitative estimate of drug-likeness (QED) is 0.880. The van der Waals surface area contributed by atoms with Gasteiger partial charge in [0, 0.05) is 12.6 Å². The van der Waals surface area contributed by atoms with Crippen molar-refractivity contribution >= 4 is 12.4 Å². The van der Waals surface area contributed by atoms with Gasteiger partial charge in [-0.05, 0) is 19.0 Å². The molecule has 0 radical (unpaired) electrons. The summed E-state index contributed by atoms with van der Waals surface area (Å²) in [7, 11) is 0. The van der Waals surface area contributed by atoms with Gasteiger partial charge in [-0.3, -0.25) is 4.79 Å². The molecule has 0 aliphatic rings. The maximum absolute atomic E-state index is 12.2. The second-order valence-electron chi connectivity index (χ2n) is 2.92. The van der Waals surface area contributed by atoms with Gasteiger partial charge in [0.25, 0.3) is 5.56 Å². The minimum atomic E-state index is -4.53. The highest BCUT2D eigenvalue weighted by Crippen LogP contribution is 2.26. The van der Waals surface area contributed by atoms with Crippen molar-refractivity contribution in [3.63, 3.8) is 0 Å². The summed E-state index contributed by atoms with van der Waals surface area (Å²) in [6.45, 7) is 0.392. The predicted octanol–water partition coefficient (Wildman–Crippen LogP) is 1.03. The van der Waals surface area contributed by atoms with E-state index >= 15 is 0 Å². The first-order chi connectivity index (χ1) is 6.95. The average Bonchev–Trinajstić information content (AvgIpc) is 2.15. The Bertz CT molecular complexity index is 391. The van der Waals surface area contributed by atoms with Crippen LogP contribution in [0.25, 0.3) is 0 Å². The molecule has 0 spiro atoms. The molecule has 92 valence electrons. The number of hydrogen-bond acceptors (Lipinski definition) is 3. The summed E-state index contributed by atoms with van der Waals surface area (Å²) in [6.07, 6.45) is -4.12. The summed E-state index contributed by atoms with van der Waals surface area (Å²) in [5.74, 6) is 0. The first-order valence-corrected chi connectivity index (χ1v) is 4.30. The lowest BCUT2D eigenvalue weighted by Crippen LogP contribution is -2.26. The molecule has 0 aromatic carbocycles. The Balaban J connectivity index is 0.00000225. The highest BCUT2D eigenvalue weighted by atomic mass is 35.5. The molecule has 0 atom stereocenters. The minimum absolute atomic E-state index is 0. The maximum Gasteiger partial charge on any atom is 0.435 e. The van der Waals surface area contributed by atoms with Gasteiger partial charge < -0.3 is 5.73 Å². The molecule has 0 saturated heterocycles. The van der Waals surface area contributed by atoms with Crippen molar-refractivity contribution in [2.75, 3.05) is 6.54 Å². The Labute approximate surface area is 95.7 Å². The molecule has 0 unspecified atom stereocenters. The van der Waals surface area contributed by atoms with Crippen LogP contribution < -0.4 is 11.3 Å². The highest BCUT2D eigenvalue weighted by molar-refractivity contribution is 5.85. The van der Waals surface area contributed by atoms with Crippen LogP contribution >= 0.6 is 12.4 Å². The first-order valence-electron chi connectivity index (χ1n) is 4.30. The number of nitrogens with two attached hydrogens (primary N) is 1. The van der Waals surface area contributed by atoms with Crippen molar-refractivity contribution in [3.8, 4) is 0 Å². The molecule has 16 heavy (non-hydrogen) atoms. The SMILES string of the molecule is Cl.NCCCn1nc(C(F)(F)F)ccc1=O. The third-order valence-corrected chi connectivity index (χ3v) is 1.73. The van der Waals surface area contributed by atoms with E-state index in [0.29, 0.717) is 19.0 Å². The van der Waals surface area contributed by atoms with Crippen LogP contribution in [0.5, 0.6) is 0 Å². The van der Waals surface area contributed by atoms with Crippen LogP contribution in [-0.2, 0) is 12.7 Å². The van der Waals surface area contributed by atoms with Crippen LogP contribution in [0.1, 0.15) is 12.1 Å². The summed E-state index contributed by atoms with van der Waals surface area (Å²) in [5, 5.41) is 3.20. The summed E-state index contributed by atoms with van der Waals surface area (Å²) < 4.78 is 37.4. The van der Waals surface area contributed by atoms with Gasteiger partial charge in [0.2, 0.25) is 0 Å². The number of aromatic nitrogens is 2. The van der Waals surface area contributed by atoms with Crippen LogP contribution in [0.3, 0.4) is 0 Å². The molecule has 8 heteroatoms. The van der Waals surface area contributed by atoms with E-state index in [4.69, 9.17) is 5.73 Å². The Kier molecular flexibility index (Phi) is 5.46. The standard InChI is InChI=1S/C8H10F3N3O.ClH/c9-8(10,11)6-2-3-7(15)14(13-6)5-1-4-12;/h2-3H,1,4-5,12H2;1H. The van der Waals surface area contributed by atoms with Crippen molar-refractivity contribution in [3.05, 3.63) is 28.2 Å². The third-order valence-electron chi connectivity index (χ3n) is 1.73. The molecule has 0 aliphatic carbocycles. The number of nitrogens with zero attached hydrogens (tertiary/aromatic N) is 2. The normalized spacial score (nSPS) is 11.0. The number of alkyl halides is 3. The zero-order valence-corrected chi connectivity index (χ0v) is 9.01. The van der Waals surface area contributed by atoms with Crippen LogP contribution in [0.15, 0.2) is 16.9 Å². The number of aryl methyl sites for hydroxylation is 1. The van der Waals surface area contributed by atoms with Crippen LogP contribution in [0.2, 0.25) is 0 Å². The molecule has 0 fully saturated rings. The number of halogens is 4. The molecule has 0 amide bonds. The Morgan fingerprint density at radius 2 is 2.00 bits per heavy atom. The average molecular weight is 258 g/mol. The van der Waals surface area contributed by atoms with Crippen molar-refractivity contribution in [2.45, 2.75) is 19.1 Å². The van der Waals surface area contributed by atoms with Crippen LogP contribution in [0.4, 0.5) is 13.2 Å². The lowest BCUT2D eigenvalue weighted by Gasteiger charge is -2.08. The summed E-state index contributed by atoms with van der Waals surface area (Å²) in [6, 6.07) is 1.52. The Morgan fingerprint density at radius 3 is 2.50 bits per heavy atom. The van der Waals surface area contributed by atoms with Crippen molar-refractivity contribution in [1.82, 2.24) is 9.78 Å². The van der Waals surface area contributed by atoms with E-state index in [0.717, 1.165) is 10.7 Å². The van der Waals surface area contributed by atoms with Gasteiger partial charge >= 0.3 is 6.18 Å². The van der Waals surface area contributed by atoms with Gasteiger partial charge in [0.05, 0.1) is 0 Å². The smallest absolute Gasteiger partial charge is 0.330 e. The van der Waals surface area contributed by atoms with Gasteiger partial charge in [-0.25, -0.2) is 4.68 Å². The minimum Gasteiger partial charge on any atom is -0.330 e. The van der Waals surface area contributed by atoms with Gasteiger partial charge in [-0.15, -0.1) is 12.4 Å². The van der Waals surface area contributed by atoms with Gasteiger partial charge in [0.1, 0.15) is 0 Å². The van der Waals surface area contributed by atoms with E-state index in [9.17, 15) is 18.0 Å². The predicted molar refractivity (Wildman–Crippen MR) is 54.4 cm³/mol. The molecule has 2 N–H and O–H groups in total. The zero-order valence-electron chi connectivity index (χ0n) is 8.20. The molecular formula is C8H11ClF3N3O. The molecule has 0 bridgehead atoms. The molecule has 1 rings (SSSR count). The van der Waals surface area contributed by atoms with E-state index in [1.807, 2.05) is 0 Å². The van der Waals surface area contributed by atoms with E-state index in [1.54, 1.807) is 0 Å². The van der Waals surface area contributed by atoms with Crippen molar-refractivity contribution in [2.24, 2.45) is 5.73 Å².